The number of rotatable bonds is 2. The normalized spacial score (nSPS) is 23.3. The predicted octanol–water partition coefficient (Wildman–Crippen LogP) is 3.84. The molecular formula is C19H35CuN2O. The molecule has 0 saturated heterocycles. The van der Waals surface area contributed by atoms with Gasteiger partial charge in [0.1, 0.15) is 0 Å². The summed E-state index contributed by atoms with van der Waals surface area (Å²) in [6.45, 7) is 6.07. The van der Waals surface area contributed by atoms with Crippen LogP contribution in [0.5, 0.6) is 0 Å². The second-order valence-electron chi connectivity index (χ2n) is 8.16. The largest absolute Gasteiger partial charge is 1.00 e. The van der Waals surface area contributed by atoms with Crippen molar-refractivity contribution in [3.8, 4) is 0 Å². The summed E-state index contributed by atoms with van der Waals surface area (Å²) in [5, 5.41) is 10.1. The summed E-state index contributed by atoms with van der Waals surface area (Å²) < 4.78 is 0. The summed E-state index contributed by atoms with van der Waals surface area (Å²) in [4.78, 5) is 5.21. The van der Waals surface area contributed by atoms with Gasteiger partial charge in [-0.1, -0.05) is 59.3 Å². The first-order valence-electron chi connectivity index (χ1n) is 9.34. The van der Waals surface area contributed by atoms with Gasteiger partial charge in [-0.05, 0) is 25.7 Å². The zero-order valence-electron chi connectivity index (χ0n) is 15.2. The van der Waals surface area contributed by atoms with E-state index in [-0.39, 0.29) is 17.1 Å². The molecule has 2 saturated carbocycles. The molecule has 0 atom stereocenters. The molecule has 0 aromatic heterocycles. The van der Waals surface area contributed by atoms with Crippen molar-refractivity contribution in [1.82, 2.24) is 9.80 Å². The van der Waals surface area contributed by atoms with Crippen LogP contribution in [0.4, 0.5) is 0 Å². The topological polar surface area (TPSA) is 29.5 Å². The summed E-state index contributed by atoms with van der Waals surface area (Å²) in [6.07, 6.45) is 19.1. The van der Waals surface area contributed by atoms with E-state index in [1.165, 1.54) is 70.9 Å². The van der Waals surface area contributed by atoms with Crippen LogP contribution in [0.25, 0.3) is 0 Å². The Hall–Kier alpha value is -0.181. The van der Waals surface area contributed by atoms with E-state index in [0.29, 0.717) is 0 Å². The van der Waals surface area contributed by atoms with E-state index in [4.69, 9.17) is 0 Å². The summed E-state index contributed by atoms with van der Waals surface area (Å²) in [6, 6.07) is 1.68. The van der Waals surface area contributed by atoms with Crippen molar-refractivity contribution in [3.63, 3.8) is 0 Å². The van der Waals surface area contributed by atoms with Gasteiger partial charge in [-0.2, -0.15) is 0 Å². The van der Waals surface area contributed by atoms with Crippen molar-refractivity contribution < 1.29 is 22.2 Å². The van der Waals surface area contributed by atoms with E-state index in [2.05, 4.69) is 22.2 Å². The third-order valence-electron chi connectivity index (χ3n) is 4.86. The zero-order chi connectivity index (χ0) is 16.0. The fraction of sp³-hybridized carbons (Fsp3) is 0.895. The van der Waals surface area contributed by atoms with Gasteiger partial charge in [0.15, 0.2) is 0 Å². The maximum absolute atomic E-state index is 10.1. The fourth-order valence-corrected chi connectivity index (χ4v) is 3.75. The monoisotopic (exact) mass is 370 g/mol. The molecule has 0 amide bonds. The molecule has 3 rings (SSSR count). The Morgan fingerprint density at radius 3 is 1.35 bits per heavy atom. The van der Waals surface area contributed by atoms with Crippen LogP contribution in [0.1, 0.15) is 85.0 Å². The minimum absolute atomic E-state index is 0. The molecule has 23 heavy (non-hydrogen) atoms. The van der Waals surface area contributed by atoms with Crippen molar-refractivity contribution in [3.05, 3.63) is 12.4 Å². The second kappa shape index (κ2) is 9.96. The maximum atomic E-state index is 10.1. The maximum Gasteiger partial charge on any atom is 1.00 e. The fourth-order valence-electron chi connectivity index (χ4n) is 3.75. The number of hydrogen-bond acceptors (Lipinski definition) is 3. The Morgan fingerprint density at radius 2 is 1.04 bits per heavy atom. The van der Waals surface area contributed by atoms with Crippen molar-refractivity contribution in [2.45, 2.75) is 103 Å². The molecule has 0 N–H and O–H groups in total. The molecule has 138 valence electrons. The Morgan fingerprint density at radius 1 is 0.739 bits per heavy atom. The molecule has 3 nitrogen and oxygen atoms in total. The molecule has 0 unspecified atom stereocenters. The van der Waals surface area contributed by atoms with E-state index in [0.717, 1.165) is 12.1 Å². The Kier molecular flexibility index (Phi) is 9.03. The smallest absolute Gasteiger partial charge is 0.850 e. The van der Waals surface area contributed by atoms with Crippen molar-refractivity contribution in [2.24, 2.45) is 0 Å². The first kappa shape index (κ1) is 20.9. The zero-order valence-corrected chi connectivity index (χ0v) is 16.1. The van der Waals surface area contributed by atoms with Gasteiger partial charge in [0.05, 0.1) is 6.67 Å². The van der Waals surface area contributed by atoms with Crippen LogP contribution in [0.2, 0.25) is 0 Å². The summed E-state index contributed by atoms with van der Waals surface area (Å²) in [7, 11) is 0. The molecule has 0 aromatic rings. The average molecular weight is 371 g/mol. The first-order chi connectivity index (χ1) is 10.4. The summed E-state index contributed by atoms with van der Waals surface area (Å²) in [5.41, 5.74) is -0.750. The molecule has 2 fully saturated rings. The minimum atomic E-state index is -0.750. The van der Waals surface area contributed by atoms with E-state index in [9.17, 15) is 5.11 Å². The van der Waals surface area contributed by atoms with Crippen molar-refractivity contribution in [1.29, 1.82) is 0 Å². The number of nitrogens with zero attached hydrogens (tertiary/aromatic N) is 2. The van der Waals surface area contributed by atoms with E-state index in [1.807, 2.05) is 0 Å². The van der Waals surface area contributed by atoms with Gasteiger partial charge < -0.3 is 14.9 Å². The molecule has 0 spiro atoms. The standard InChI is InChI=1S/C15H26N2.C4H9O.Cu/c1-3-7-14(8-4-1)16-11-12-17(13-16)15-9-5-2-6-10-15;1-4(2,3)5;/h11-12,14-15H,1-10,13H2;1-3H3;/q;-1;+1. The third kappa shape index (κ3) is 7.96. The molecule has 4 heteroatoms. The van der Waals surface area contributed by atoms with Crippen molar-refractivity contribution >= 4 is 0 Å². The summed E-state index contributed by atoms with van der Waals surface area (Å²) in [5.74, 6) is 0. The van der Waals surface area contributed by atoms with Crippen LogP contribution < -0.4 is 5.11 Å². The molecule has 2 aliphatic carbocycles. The average Bonchev–Trinajstić information content (AvgIpc) is 2.97. The third-order valence-corrected chi connectivity index (χ3v) is 4.86. The molecule has 0 aromatic carbocycles. The van der Waals surface area contributed by atoms with Gasteiger partial charge in [-0.3, -0.25) is 0 Å². The molecule has 0 radical (unpaired) electrons. The number of hydrogen-bond donors (Lipinski definition) is 0. The van der Waals surface area contributed by atoms with Crippen LogP contribution in [-0.2, 0) is 17.1 Å². The Labute approximate surface area is 154 Å². The second-order valence-corrected chi connectivity index (χ2v) is 8.16. The molecule has 0 bridgehead atoms. The summed E-state index contributed by atoms with van der Waals surface area (Å²) >= 11 is 0. The SMILES string of the molecule is C1=CN(C2CCCCC2)CN1C1CCCCC1.CC(C)(C)[O-].[Cu+]. The molecule has 1 heterocycles. The predicted molar refractivity (Wildman–Crippen MR) is 91.2 cm³/mol. The van der Waals surface area contributed by atoms with Crippen LogP contribution in [0.15, 0.2) is 12.4 Å². The van der Waals surface area contributed by atoms with Crippen molar-refractivity contribution in [2.75, 3.05) is 6.67 Å². The van der Waals surface area contributed by atoms with E-state index in [1.54, 1.807) is 20.8 Å². The van der Waals surface area contributed by atoms with Gasteiger partial charge in [-0.25, -0.2) is 0 Å². The first-order valence-corrected chi connectivity index (χ1v) is 9.34. The van der Waals surface area contributed by atoms with Crippen LogP contribution in [0.3, 0.4) is 0 Å². The Bertz CT molecular complexity index is 310. The minimum Gasteiger partial charge on any atom is -0.850 e. The van der Waals surface area contributed by atoms with E-state index >= 15 is 0 Å². The van der Waals surface area contributed by atoms with Gasteiger partial charge in [0, 0.05) is 24.5 Å². The van der Waals surface area contributed by atoms with Gasteiger partial charge >= 0.3 is 17.1 Å². The van der Waals surface area contributed by atoms with Crippen LogP contribution in [-0.4, -0.2) is 34.2 Å². The molecule has 3 aliphatic rings. The van der Waals surface area contributed by atoms with Crippen LogP contribution in [0, 0.1) is 0 Å². The van der Waals surface area contributed by atoms with Gasteiger partial charge in [0.25, 0.3) is 0 Å². The van der Waals surface area contributed by atoms with Crippen LogP contribution >= 0.6 is 0 Å². The van der Waals surface area contributed by atoms with Gasteiger partial charge in [0.2, 0.25) is 0 Å². The quantitative estimate of drug-likeness (QED) is 0.691. The molecule has 1 aliphatic heterocycles. The van der Waals surface area contributed by atoms with Gasteiger partial charge in [-0.15, -0.1) is 5.60 Å². The Balaban J connectivity index is 0.000000390. The van der Waals surface area contributed by atoms with E-state index < -0.39 is 5.60 Å². The molecular weight excluding hydrogens is 336 g/mol.